The maximum Gasteiger partial charge on any atom is 0.491 e. The zero-order valence-corrected chi connectivity index (χ0v) is 70.6. The number of hydrogen-bond acceptors (Lipinski definition) is 6. The highest BCUT2D eigenvalue weighted by atomic mass is 79.9. The van der Waals surface area contributed by atoms with Crippen LogP contribution >= 0.6 is 15.9 Å². The van der Waals surface area contributed by atoms with Gasteiger partial charge in [-0.2, -0.15) is 8.78 Å². The Labute approximate surface area is 688 Å². The van der Waals surface area contributed by atoms with Gasteiger partial charge in [0.1, 0.15) is 17.5 Å². The van der Waals surface area contributed by atoms with Crippen LogP contribution in [0.2, 0.25) is 0 Å². The van der Waals surface area contributed by atoms with E-state index in [1.807, 2.05) is 18.2 Å². The molecular weight excluding hydrogens is 1510 g/mol. The molecule has 0 unspecified atom stereocenters. The predicted molar refractivity (Wildman–Crippen MR) is 457 cm³/mol. The monoisotopic (exact) mass is 1640 g/mol. The van der Waals surface area contributed by atoms with Gasteiger partial charge in [0.05, 0.1) is 13.2 Å². The van der Waals surface area contributed by atoms with Crippen molar-refractivity contribution in [3.8, 4) is 44.9 Å². The van der Waals surface area contributed by atoms with Crippen molar-refractivity contribution >= 4 is 28.5 Å². The van der Waals surface area contributed by atoms with Crippen molar-refractivity contribution in [3.63, 3.8) is 0 Å². The Morgan fingerprint density at radius 1 is 0.351 bits per heavy atom. The van der Waals surface area contributed by atoms with E-state index in [-0.39, 0.29) is 46.3 Å². The van der Waals surface area contributed by atoms with Crippen molar-refractivity contribution in [1.82, 2.24) is 0 Å². The van der Waals surface area contributed by atoms with Crippen LogP contribution < -0.4 is 14.9 Å². The summed E-state index contributed by atoms with van der Waals surface area (Å²) in [5, 5.41) is 18.3. The van der Waals surface area contributed by atoms with Gasteiger partial charge in [0.25, 0.3) is 0 Å². The van der Waals surface area contributed by atoms with Crippen molar-refractivity contribution in [3.05, 3.63) is 195 Å². The van der Waals surface area contributed by atoms with Gasteiger partial charge < -0.3 is 29.0 Å². The maximum atomic E-state index is 15.3. The molecule has 0 bridgehead atoms. The fourth-order valence-electron chi connectivity index (χ4n) is 20.2. The first-order valence-electron chi connectivity index (χ1n) is 44.4. The Balaban J connectivity index is 0.000000160. The molecule has 2 aliphatic heterocycles. The molecule has 0 radical (unpaired) electrons. The molecule has 2 heterocycles. The van der Waals surface area contributed by atoms with Crippen LogP contribution in [0.3, 0.4) is 0 Å². The van der Waals surface area contributed by atoms with Gasteiger partial charge in [0, 0.05) is 53.1 Å². The Hall–Kier alpha value is -5.97. The van der Waals surface area contributed by atoms with Gasteiger partial charge >= 0.3 is 7.12 Å². The lowest BCUT2D eigenvalue weighted by atomic mass is 9.67. The fraction of sp³-hybridized carbons (Fsp3) is 0.576. The van der Waals surface area contributed by atoms with Crippen molar-refractivity contribution in [2.24, 2.45) is 53.3 Å². The number of hydrogen-bond donors (Lipinski definition) is 2. The number of halogens is 8. The Kier molecular flexibility index (Phi) is 37.7. The van der Waals surface area contributed by atoms with E-state index in [1.54, 1.807) is 80.6 Å². The van der Waals surface area contributed by atoms with Gasteiger partial charge in [-0.15, -0.1) is 0 Å². The quantitative estimate of drug-likeness (QED) is 0.0585. The molecule has 0 spiro atoms. The molecule has 0 atom stereocenters. The lowest BCUT2D eigenvalue weighted by molar-refractivity contribution is 0.156. The largest absolute Gasteiger partial charge is 0.491 e. The lowest BCUT2D eigenvalue weighted by Crippen LogP contribution is -2.33. The summed E-state index contributed by atoms with van der Waals surface area (Å²) < 4.78 is 120. The second-order valence-corrected chi connectivity index (χ2v) is 35.0. The van der Waals surface area contributed by atoms with Crippen molar-refractivity contribution in [2.45, 2.75) is 271 Å². The van der Waals surface area contributed by atoms with Gasteiger partial charge in [0.2, 0.25) is 11.6 Å². The van der Waals surface area contributed by atoms with E-state index >= 15 is 4.39 Å². The van der Waals surface area contributed by atoms with Gasteiger partial charge in [-0.3, -0.25) is 0 Å². The topological polar surface area (TPSA) is 77.4 Å². The van der Waals surface area contributed by atoms with E-state index in [0.717, 1.165) is 127 Å². The van der Waals surface area contributed by atoms with Gasteiger partial charge in [-0.25, -0.2) is 22.0 Å². The van der Waals surface area contributed by atoms with E-state index in [0.29, 0.717) is 41.1 Å². The highest BCUT2D eigenvalue weighted by Crippen LogP contribution is 2.49. The van der Waals surface area contributed by atoms with Gasteiger partial charge in [-0.1, -0.05) is 187 Å². The molecule has 7 aromatic carbocycles. The average molecular weight is 1640 g/mol. The van der Waals surface area contributed by atoms with E-state index in [9.17, 15) is 26.3 Å². The molecule has 6 nitrogen and oxygen atoms in total. The first-order valence-corrected chi connectivity index (χ1v) is 45.2. The van der Waals surface area contributed by atoms with Crippen molar-refractivity contribution in [1.29, 1.82) is 0 Å². The standard InChI is InChI=1S/C35H41F3O.C21H32BFO2.C21H31F.C14H11BrF2O.2C4H8O/c1-3-5-23-6-8-24(9-7-23)25-10-12-26(13-11-25)29-18-19-30(32(36)22-29)27-14-16-28(17-15-27)31-20-21-33(39-4-2)35(38)34(31)37;1-2-3-15-4-6-16(7-5-15)17-8-10-18(11-9-17)19-12-13-20(22(24)25)21(23)14-19;1-2-4-16-7-9-17(10-8-16)18-11-13-19(14-12-18)20-5-3-6-21(22)15-20;1-2-18-12-8-7-11(13(16)14(12)17)9-3-5-10(15)6-4-9;2*1-2-4-5-3-1/h14-26H,3-13H2,1-2H3;12-18,24-25H,2-11H2,1H3;3,5-6,15-19H,2,4,7-14H2,1H3;3-8H,2H2,1H3;2*1-4H2. The molecule has 2 saturated heterocycles. The summed E-state index contributed by atoms with van der Waals surface area (Å²) in [6.07, 6.45) is 45.5. The van der Waals surface area contributed by atoms with Crippen molar-refractivity contribution in [2.75, 3.05) is 39.6 Å². The molecule has 15 heteroatoms. The molecule has 6 aliphatic carbocycles. The smallest absolute Gasteiger partial charge is 0.491 e. The van der Waals surface area contributed by atoms with Gasteiger partial charge in [-0.05, 0) is 320 Å². The molecule has 0 aromatic heterocycles. The van der Waals surface area contributed by atoms with Crippen LogP contribution in [0.1, 0.15) is 287 Å². The Morgan fingerprint density at radius 3 is 0.991 bits per heavy atom. The van der Waals surface area contributed by atoms with Gasteiger partial charge in [0.15, 0.2) is 23.1 Å². The SMILES string of the molecule is C1CCOC1.C1CCOC1.CCCC1CCC(C2CCC(c3ccc(-c4ccc(-c5ccc(OCC)c(F)c5F)cc4)c(F)c3)CC2)CC1.CCCC1CCC(C2CCC(c3ccc(B(O)O)c(F)c3)CC2)CC1.CCCC1CCC(C2CCC(c3cccc(F)c3)CC2)CC1.CCOc1ccc(-c2ccc(Br)cc2)c(F)c1F. The summed E-state index contributed by atoms with van der Waals surface area (Å²) in [6, 6.07) is 37.7. The summed E-state index contributed by atoms with van der Waals surface area (Å²) >= 11 is 3.30. The molecular formula is C99H131BBrF7O6. The number of ether oxygens (including phenoxy) is 4. The van der Waals surface area contributed by atoms with Crippen LogP contribution in [-0.2, 0) is 9.47 Å². The molecule has 8 fully saturated rings. The highest BCUT2D eigenvalue weighted by molar-refractivity contribution is 9.10. The Morgan fingerprint density at radius 2 is 0.675 bits per heavy atom. The molecule has 114 heavy (non-hydrogen) atoms. The third-order valence-corrected chi connectivity index (χ3v) is 27.2. The minimum atomic E-state index is -1.73. The first kappa shape index (κ1) is 90.4. The first-order chi connectivity index (χ1) is 55.4. The summed E-state index contributed by atoms with van der Waals surface area (Å²) in [5.41, 5.74) is 6.11. The van der Waals surface area contributed by atoms with E-state index < -0.39 is 36.2 Å². The minimum absolute atomic E-state index is 0.0266. The zero-order valence-electron chi connectivity index (χ0n) is 69.0. The van der Waals surface area contributed by atoms with Crippen LogP contribution in [-0.4, -0.2) is 56.8 Å². The molecule has 0 amide bonds. The highest BCUT2D eigenvalue weighted by Gasteiger charge is 2.35. The third kappa shape index (κ3) is 26.8. The normalized spacial score (nSPS) is 24.8. The van der Waals surface area contributed by atoms with Crippen LogP contribution in [0.4, 0.5) is 30.7 Å². The Bertz CT molecular complexity index is 3890. The number of benzene rings is 7. The molecule has 15 rings (SSSR count). The van der Waals surface area contributed by atoms with Crippen molar-refractivity contribution < 1.29 is 59.7 Å². The molecule has 8 aliphatic rings. The van der Waals surface area contributed by atoms with Crippen LogP contribution in [0.15, 0.2) is 138 Å². The zero-order chi connectivity index (χ0) is 80.7. The lowest BCUT2D eigenvalue weighted by Gasteiger charge is -2.38. The summed E-state index contributed by atoms with van der Waals surface area (Å²) in [6.45, 7) is 14.9. The summed E-state index contributed by atoms with van der Waals surface area (Å²) in [4.78, 5) is 0. The maximum absolute atomic E-state index is 15.3. The van der Waals surface area contributed by atoms with Crippen LogP contribution in [0.25, 0.3) is 33.4 Å². The predicted octanol–water partition coefficient (Wildman–Crippen LogP) is 28.2. The second kappa shape index (κ2) is 47.6. The van der Waals surface area contributed by atoms with Crippen LogP contribution in [0, 0.1) is 94.0 Å². The molecule has 2 N–H and O–H groups in total. The van der Waals surface area contributed by atoms with Crippen LogP contribution in [0.5, 0.6) is 11.5 Å². The van der Waals surface area contributed by atoms with E-state index in [2.05, 4.69) is 48.8 Å². The third-order valence-electron chi connectivity index (χ3n) is 26.6. The summed E-state index contributed by atoms with van der Waals surface area (Å²) in [7, 11) is -1.73. The summed E-state index contributed by atoms with van der Waals surface area (Å²) in [5.74, 6) is 5.14. The van der Waals surface area contributed by atoms with E-state index in [4.69, 9.17) is 29.0 Å². The molecule has 622 valence electrons. The minimum Gasteiger partial charge on any atom is -0.491 e. The molecule has 6 saturated carbocycles. The van der Waals surface area contributed by atoms with E-state index in [1.165, 1.54) is 235 Å². The number of rotatable bonds is 20. The average Bonchev–Trinajstić information content (AvgIpc) is 0.928. The second-order valence-electron chi connectivity index (χ2n) is 34.1. The molecule has 7 aromatic rings. The fourth-order valence-corrected chi connectivity index (χ4v) is 20.4.